The lowest BCUT2D eigenvalue weighted by molar-refractivity contribution is -0.662. The van der Waals surface area contributed by atoms with Gasteiger partial charge in [-0.15, -0.1) is 0 Å². The molecular weight excluding hydrogens is 1410 g/mol. The number of hydrogen-bond acceptors (Lipinski definition) is 5. The highest BCUT2D eigenvalue weighted by Gasteiger charge is 2.30. The van der Waals surface area contributed by atoms with E-state index in [-0.39, 0.29) is 0 Å². The first-order valence-corrected chi connectivity index (χ1v) is 43.4. The third-order valence-corrected chi connectivity index (χ3v) is 26.3. The summed E-state index contributed by atoms with van der Waals surface area (Å²) in [5.74, 6) is 3.72. The van der Waals surface area contributed by atoms with E-state index in [1.165, 1.54) is 279 Å². The Bertz CT molecular complexity index is 5970. The fourth-order valence-corrected chi connectivity index (χ4v) is 20.1. The molecule has 5 heterocycles. The molecule has 10 heteroatoms. The van der Waals surface area contributed by atoms with Gasteiger partial charge in [0.2, 0.25) is 0 Å². The maximum atomic E-state index is 4.80. The van der Waals surface area contributed by atoms with Gasteiger partial charge in [-0.05, 0) is 252 Å². The molecule has 0 radical (unpaired) electrons. The minimum absolute atomic E-state index is 0.684. The lowest BCUT2D eigenvalue weighted by Gasteiger charge is -2.15. The van der Waals surface area contributed by atoms with Gasteiger partial charge in [0.1, 0.15) is 28.5 Å². The third kappa shape index (κ3) is 17.0. The van der Waals surface area contributed by atoms with Crippen LogP contribution >= 0.6 is 0 Å². The molecule has 0 amide bonds. The summed E-state index contributed by atoms with van der Waals surface area (Å²) in [7, 11) is 10.5. The number of para-hydroxylation sites is 2. The predicted molar refractivity (Wildman–Crippen MR) is 476 cm³/mol. The summed E-state index contributed by atoms with van der Waals surface area (Å²) in [5.41, 5.74) is 32.4. The molecule has 0 N–H and O–H groups in total. The summed E-state index contributed by atoms with van der Waals surface area (Å²) >= 11 is 0. The molecular formula is C106H117N10+5. The van der Waals surface area contributed by atoms with E-state index >= 15 is 0 Å². The van der Waals surface area contributed by atoms with E-state index in [9.17, 15) is 0 Å². The average Bonchev–Trinajstić information content (AvgIpc) is 1.07. The molecule has 586 valence electrons. The molecule has 20 rings (SSSR count). The first-order chi connectivity index (χ1) is 56.7. The number of hydrogen-bond donors (Lipinski definition) is 0. The van der Waals surface area contributed by atoms with Crippen molar-refractivity contribution >= 4 is 54.5 Å². The zero-order valence-electron chi connectivity index (χ0n) is 70.3. The van der Waals surface area contributed by atoms with Crippen molar-refractivity contribution in [3.05, 3.63) is 300 Å². The summed E-state index contributed by atoms with van der Waals surface area (Å²) in [6, 6.07) is 77.1. The number of fused-ring (bicyclic) bond motifs is 5. The van der Waals surface area contributed by atoms with Gasteiger partial charge in [-0.3, -0.25) is 0 Å². The predicted octanol–water partition coefficient (Wildman–Crippen LogP) is 23.5. The van der Waals surface area contributed by atoms with Gasteiger partial charge in [0.05, 0.1) is 62.2 Å². The highest BCUT2D eigenvalue weighted by molar-refractivity contribution is 5.97. The Morgan fingerprint density at radius 1 is 0.267 bits per heavy atom. The Kier molecular flexibility index (Phi) is 24.4. The fourth-order valence-electron chi connectivity index (χ4n) is 20.1. The Morgan fingerprint density at radius 2 is 0.638 bits per heavy atom. The molecule has 5 fully saturated rings. The van der Waals surface area contributed by atoms with Gasteiger partial charge in [0.15, 0.2) is 27.6 Å². The number of nitrogens with zero attached hydrogens (tertiary/aromatic N) is 10. The van der Waals surface area contributed by atoms with Crippen molar-refractivity contribution in [1.29, 1.82) is 0 Å². The zero-order valence-corrected chi connectivity index (χ0v) is 70.3. The lowest BCUT2D eigenvalue weighted by atomic mass is 9.90. The minimum atomic E-state index is 0.684. The smallest absolute Gasteiger partial charge is 0.232 e. The van der Waals surface area contributed by atoms with E-state index in [0.29, 0.717) is 11.8 Å². The van der Waals surface area contributed by atoms with Crippen molar-refractivity contribution < 1.29 is 22.8 Å². The van der Waals surface area contributed by atoms with Gasteiger partial charge < -0.3 is 0 Å². The van der Waals surface area contributed by atoms with Crippen LogP contribution in [0.25, 0.3) is 111 Å². The van der Waals surface area contributed by atoms with Gasteiger partial charge in [0.25, 0.3) is 31.6 Å². The summed E-state index contributed by atoms with van der Waals surface area (Å²) in [5, 5.41) is 6.36. The van der Waals surface area contributed by atoms with Crippen LogP contribution in [0.4, 0.5) is 0 Å². The quantitative estimate of drug-likeness (QED) is 0.121. The van der Waals surface area contributed by atoms with E-state index in [0.717, 1.165) is 39.8 Å². The van der Waals surface area contributed by atoms with Gasteiger partial charge >= 0.3 is 0 Å². The van der Waals surface area contributed by atoms with Crippen molar-refractivity contribution in [3.8, 4) is 56.3 Å². The van der Waals surface area contributed by atoms with E-state index in [1.807, 2.05) is 31.6 Å². The molecule has 15 aromatic rings. The third-order valence-electron chi connectivity index (χ3n) is 26.3. The zero-order chi connectivity index (χ0) is 79.8. The molecule has 0 unspecified atom stereocenters. The van der Waals surface area contributed by atoms with Crippen LogP contribution in [0, 0.1) is 40.5 Å². The van der Waals surface area contributed by atoms with E-state index in [4.69, 9.17) is 15.0 Å². The Hall–Kier alpha value is -11.1. The molecule has 5 aliphatic carbocycles. The van der Waals surface area contributed by atoms with Crippen molar-refractivity contribution in [2.45, 2.75) is 193 Å². The van der Waals surface area contributed by atoms with Gasteiger partial charge in [-0.2, -0.15) is 0 Å². The molecule has 0 saturated heterocycles. The van der Waals surface area contributed by atoms with Crippen molar-refractivity contribution in [3.63, 3.8) is 0 Å². The number of rotatable bonds is 11. The maximum absolute atomic E-state index is 4.80. The molecule has 0 bridgehead atoms. The number of benzene rings is 10. The largest absolute Gasteiger partial charge is 0.287 e. The first kappa shape index (κ1) is 78.8. The molecule has 5 saturated carbocycles. The average molecular weight is 1530 g/mol. The monoisotopic (exact) mass is 1530 g/mol. The highest BCUT2D eigenvalue weighted by atomic mass is 15.0. The second kappa shape index (κ2) is 36.0. The van der Waals surface area contributed by atoms with Gasteiger partial charge in [-0.25, -0.2) is 22.8 Å². The second-order valence-corrected chi connectivity index (χ2v) is 34.3. The van der Waals surface area contributed by atoms with Crippen molar-refractivity contribution in [1.82, 2.24) is 24.9 Å². The van der Waals surface area contributed by atoms with Crippen LogP contribution in [0.5, 0.6) is 0 Å². The maximum Gasteiger partial charge on any atom is 0.287 e. The van der Waals surface area contributed by atoms with Crippen LogP contribution in [0.1, 0.15) is 208 Å². The Labute approximate surface area is 688 Å². The second-order valence-electron chi connectivity index (χ2n) is 34.3. The Morgan fingerprint density at radius 3 is 1.20 bits per heavy atom. The standard InChI is InChI=1S/C22H25N2.4C21H23N2/c1-16-7-3-6-10-19(16)22-20-12-11-18(13-17-8-4-5-9-17)14-21(20)23-15-24(22)2;1-15-8-3-6-11-17(15)21-20-18(16-9-4-5-10-16)12-7-13-19(20)22-14-23(21)2;1-15-8-3-6-11-17(15)21-19-13-7-12-18(16-9-4-5-10-16)20(19)22-14-23(21)2;1-15-7-3-6-10-18(15)21-19-13-17(16-8-4-5-9-16)11-12-20(19)22-14-23(21)2;1-15-11-12-17(16-7-3-4-8-16)13-19(15)21-18-9-5-6-10-20(18)22-14-23(21)2/h3,6-7,10-12,14-15,17H,4-5,8-9,13H2,1-2H3;2*3,6-8,11-14,16H,4-5,9-10H2,1-2H3;3,6-7,10-14,16H,4-5,8-9H2,1-2H3;5-6,9-14,16H,3-4,7-8H2,1-2H3/q5*+1. The normalized spacial score (nSPS) is 15.4. The van der Waals surface area contributed by atoms with E-state index in [1.54, 1.807) is 0 Å². The van der Waals surface area contributed by atoms with E-state index < -0.39 is 0 Å². The summed E-state index contributed by atoms with van der Waals surface area (Å²) in [4.78, 5) is 23.4. The summed E-state index contributed by atoms with van der Waals surface area (Å²) in [6.07, 6.45) is 38.0. The molecule has 0 spiro atoms. The molecule has 5 aromatic heterocycles. The molecule has 10 nitrogen and oxygen atoms in total. The van der Waals surface area contributed by atoms with Crippen LogP contribution in [0.15, 0.2) is 244 Å². The van der Waals surface area contributed by atoms with Crippen LogP contribution in [-0.2, 0) is 41.7 Å². The van der Waals surface area contributed by atoms with Crippen LogP contribution in [0.2, 0.25) is 0 Å². The lowest BCUT2D eigenvalue weighted by Crippen LogP contribution is -2.32. The first-order valence-electron chi connectivity index (χ1n) is 43.4. The van der Waals surface area contributed by atoms with Gasteiger partial charge in [0, 0.05) is 33.4 Å². The van der Waals surface area contributed by atoms with Crippen LogP contribution < -0.4 is 22.8 Å². The molecule has 116 heavy (non-hydrogen) atoms. The molecule has 0 atom stereocenters. The summed E-state index contributed by atoms with van der Waals surface area (Å²) < 4.78 is 10.8. The highest BCUT2D eigenvalue weighted by Crippen LogP contribution is 2.44. The fraction of sp³-hybridized carbons (Fsp3) is 0.340. The van der Waals surface area contributed by atoms with Crippen molar-refractivity contribution in [2.75, 3.05) is 0 Å². The SMILES string of the molecule is Cc1ccc(C2CCCC2)cc1-c1c2ccccc2nc[n+]1C.Cc1ccccc1-c1c2c(C3CCCC3)cccc2nc[n+]1C.Cc1ccccc1-c1c2cc(C3CCCC3)ccc2nc[n+]1C.Cc1ccccc1-c1c2ccc(CC3CCCC3)cc2nc[n+]1C.Cc1ccccc1-c1c2cccc(C3CCCC3)c2nc[n+]1C. The summed E-state index contributed by atoms with van der Waals surface area (Å²) in [6.45, 7) is 10.9. The van der Waals surface area contributed by atoms with Crippen molar-refractivity contribution in [2.24, 2.45) is 41.2 Å². The molecule has 5 aliphatic rings. The van der Waals surface area contributed by atoms with Crippen LogP contribution in [0.3, 0.4) is 0 Å². The number of aromatic nitrogens is 10. The topological polar surface area (TPSA) is 83.8 Å². The molecule has 0 aliphatic heterocycles. The van der Waals surface area contributed by atoms with E-state index in [2.05, 4.69) is 315 Å². The molecule has 10 aromatic carbocycles. The van der Waals surface area contributed by atoms with Crippen LogP contribution in [-0.4, -0.2) is 24.9 Å². The number of aryl methyl sites for hydroxylation is 10. The minimum Gasteiger partial charge on any atom is -0.232 e. The Balaban J connectivity index is 0.000000109. The van der Waals surface area contributed by atoms with Gasteiger partial charge in [-0.1, -0.05) is 235 Å².